The average Bonchev–Trinajstić information content (AvgIpc) is 2.52. The van der Waals surface area contributed by atoms with Crippen LogP contribution in [-0.4, -0.2) is 14.8 Å². The monoisotopic (exact) mass is 217 g/mol. The Morgan fingerprint density at radius 1 is 1.50 bits per heavy atom. The lowest BCUT2D eigenvalue weighted by Gasteiger charge is -2.03. The van der Waals surface area contributed by atoms with Crippen molar-refractivity contribution in [1.29, 1.82) is 0 Å². The first-order valence-corrected chi connectivity index (χ1v) is 5.31. The maximum Gasteiger partial charge on any atom is 0.288 e. The van der Waals surface area contributed by atoms with Gasteiger partial charge >= 0.3 is 0 Å². The molecule has 4 heteroatoms. The smallest absolute Gasteiger partial charge is 0.288 e. The molecule has 0 saturated heterocycles. The molecule has 0 saturated carbocycles. The van der Waals surface area contributed by atoms with E-state index in [0.717, 1.165) is 23.2 Å². The number of hydrogen-bond acceptors (Lipinski definition) is 2. The van der Waals surface area contributed by atoms with Gasteiger partial charge in [0.2, 0.25) is 0 Å². The third-order valence-corrected chi connectivity index (χ3v) is 2.98. The Labute approximate surface area is 93.6 Å². The van der Waals surface area contributed by atoms with E-state index in [1.165, 1.54) is 0 Å². The Hall–Kier alpha value is -1.84. The van der Waals surface area contributed by atoms with Crippen LogP contribution in [0.4, 0.5) is 0 Å². The van der Waals surface area contributed by atoms with Crippen LogP contribution in [0.1, 0.15) is 18.2 Å². The first kappa shape index (κ1) is 10.7. The van der Waals surface area contributed by atoms with Crippen LogP contribution in [0.3, 0.4) is 0 Å². The molecule has 1 N–H and O–H groups in total. The summed E-state index contributed by atoms with van der Waals surface area (Å²) in [5.74, 6) is 0. The van der Waals surface area contributed by atoms with Crippen molar-refractivity contribution >= 4 is 10.9 Å². The second-order valence-corrected chi connectivity index (χ2v) is 3.85. The van der Waals surface area contributed by atoms with Crippen molar-refractivity contribution in [2.24, 2.45) is 0 Å². The first-order valence-electron chi connectivity index (χ1n) is 5.31. The summed E-state index contributed by atoms with van der Waals surface area (Å²) in [7, 11) is 0. The molecule has 0 aliphatic carbocycles. The molecule has 0 unspecified atom stereocenters. The van der Waals surface area contributed by atoms with E-state index in [2.05, 4.69) is 10.2 Å². The number of aromatic amines is 1. The molecule has 0 amide bonds. The number of aromatic nitrogens is 3. The third kappa shape index (κ3) is 1.46. The van der Waals surface area contributed by atoms with E-state index in [1.807, 2.05) is 37.5 Å². The molecule has 0 radical (unpaired) electrons. The summed E-state index contributed by atoms with van der Waals surface area (Å²) in [6, 6.07) is 0. The van der Waals surface area contributed by atoms with E-state index in [1.54, 1.807) is 6.20 Å². The van der Waals surface area contributed by atoms with Crippen LogP contribution in [0.25, 0.3) is 10.9 Å². The summed E-state index contributed by atoms with van der Waals surface area (Å²) < 4.78 is 2.02. The molecule has 4 nitrogen and oxygen atoms in total. The number of allylic oxidation sites excluding steroid dienone is 2. The van der Waals surface area contributed by atoms with Gasteiger partial charge in [-0.25, -0.2) is 5.10 Å². The van der Waals surface area contributed by atoms with Gasteiger partial charge in [0, 0.05) is 17.6 Å². The number of rotatable bonds is 2. The van der Waals surface area contributed by atoms with Crippen molar-refractivity contribution in [1.82, 2.24) is 14.8 Å². The molecule has 0 aliphatic rings. The Bertz CT molecular complexity index is 604. The average molecular weight is 217 g/mol. The first-order chi connectivity index (χ1) is 7.66. The summed E-state index contributed by atoms with van der Waals surface area (Å²) in [5, 5.41) is 7.26. The van der Waals surface area contributed by atoms with Gasteiger partial charge in [0.15, 0.2) is 0 Å². The molecule has 84 valence electrons. The highest BCUT2D eigenvalue weighted by atomic mass is 16.1. The molecule has 16 heavy (non-hydrogen) atoms. The van der Waals surface area contributed by atoms with E-state index in [4.69, 9.17) is 0 Å². The van der Waals surface area contributed by atoms with E-state index in [9.17, 15) is 4.79 Å². The van der Waals surface area contributed by atoms with Crippen LogP contribution < -0.4 is 5.56 Å². The van der Waals surface area contributed by atoms with Gasteiger partial charge in [0.1, 0.15) is 5.52 Å². The zero-order chi connectivity index (χ0) is 11.7. The second-order valence-electron chi connectivity index (χ2n) is 3.85. The fourth-order valence-corrected chi connectivity index (χ4v) is 1.94. The SMILES string of the molecule is CC=CCn1c(C)c(C)c2cn[nH]c(=O)c21. The topological polar surface area (TPSA) is 50.7 Å². The predicted molar refractivity (Wildman–Crippen MR) is 64.6 cm³/mol. The molecular weight excluding hydrogens is 202 g/mol. The molecule has 2 aromatic rings. The Balaban J connectivity index is 2.81. The highest BCUT2D eigenvalue weighted by Gasteiger charge is 2.12. The summed E-state index contributed by atoms with van der Waals surface area (Å²) >= 11 is 0. The Morgan fingerprint density at radius 2 is 2.25 bits per heavy atom. The van der Waals surface area contributed by atoms with Crippen LogP contribution in [0.15, 0.2) is 23.1 Å². The van der Waals surface area contributed by atoms with Gasteiger partial charge in [-0.05, 0) is 26.3 Å². The summed E-state index contributed by atoms with van der Waals surface area (Å²) in [6.45, 7) is 6.74. The molecule has 2 aromatic heterocycles. The van der Waals surface area contributed by atoms with Crippen LogP contribution in [0.2, 0.25) is 0 Å². The normalized spacial score (nSPS) is 11.7. The van der Waals surface area contributed by atoms with Crippen molar-refractivity contribution in [2.45, 2.75) is 27.3 Å². The zero-order valence-electron chi connectivity index (χ0n) is 9.74. The molecule has 0 aromatic carbocycles. The van der Waals surface area contributed by atoms with E-state index < -0.39 is 0 Å². The van der Waals surface area contributed by atoms with Crippen molar-refractivity contribution < 1.29 is 0 Å². The van der Waals surface area contributed by atoms with Gasteiger partial charge in [-0.15, -0.1) is 0 Å². The van der Waals surface area contributed by atoms with Gasteiger partial charge in [0.05, 0.1) is 6.20 Å². The number of nitrogens with zero attached hydrogens (tertiary/aromatic N) is 2. The van der Waals surface area contributed by atoms with Gasteiger partial charge in [-0.2, -0.15) is 5.10 Å². The lowest BCUT2D eigenvalue weighted by molar-refractivity contribution is 0.813. The van der Waals surface area contributed by atoms with Crippen molar-refractivity contribution in [3.63, 3.8) is 0 Å². The zero-order valence-corrected chi connectivity index (χ0v) is 9.74. The largest absolute Gasteiger partial charge is 0.336 e. The number of nitrogens with one attached hydrogen (secondary N) is 1. The fraction of sp³-hybridized carbons (Fsp3) is 0.333. The van der Waals surface area contributed by atoms with Crippen molar-refractivity contribution in [3.8, 4) is 0 Å². The molecule has 0 spiro atoms. The third-order valence-electron chi connectivity index (χ3n) is 2.98. The van der Waals surface area contributed by atoms with Crippen LogP contribution in [0.5, 0.6) is 0 Å². The molecule has 0 aliphatic heterocycles. The molecule has 0 bridgehead atoms. The number of fused-ring (bicyclic) bond motifs is 1. The predicted octanol–water partition coefficient (Wildman–Crippen LogP) is 1.92. The lowest BCUT2D eigenvalue weighted by atomic mass is 10.2. The fourth-order valence-electron chi connectivity index (χ4n) is 1.94. The van der Waals surface area contributed by atoms with Gasteiger partial charge in [0.25, 0.3) is 5.56 Å². The van der Waals surface area contributed by atoms with Crippen molar-refractivity contribution in [3.05, 3.63) is 40.0 Å². The minimum atomic E-state index is -0.127. The number of H-pyrrole nitrogens is 1. The minimum Gasteiger partial charge on any atom is -0.336 e. The van der Waals surface area contributed by atoms with Gasteiger partial charge < -0.3 is 4.57 Å². The molecule has 0 atom stereocenters. The van der Waals surface area contributed by atoms with Crippen LogP contribution in [-0.2, 0) is 6.54 Å². The molecule has 2 rings (SSSR count). The standard InChI is InChI=1S/C12H15N3O/c1-4-5-6-15-9(3)8(2)10-7-13-14-12(16)11(10)15/h4-5,7H,6H2,1-3H3,(H,14,16). The van der Waals surface area contributed by atoms with Gasteiger partial charge in [-0.3, -0.25) is 4.79 Å². The van der Waals surface area contributed by atoms with E-state index in [-0.39, 0.29) is 5.56 Å². The van der Waals surface area contributed by atoms with E-state index in [0.29, 0.717) is 5.52 Å². The van der Waals surface area contributed by atoms with Crippen molar-refractivity contribution in [2.75, 3.05) is 0 Å². The van der Waals surface area contributed by atoms with Crippen LogP contribution in [0, 0.1) is 13.8 Å². The molecular formula is C12H15N3O. The summed E-state index contributed by atoms with van der Waals surface area (Å²) in [6.07, 6.45) is 5.73. The molecule has 0 fully saturated rings. The molecule has 2 heterocycles. The van der Waals surface area contributed by atoms with Gasteiger partial charge in [-0.1, -0.05) is 12.2 Å². The highest BCUT2D eigenvalue weighted by molar-refractivity contribution is 5.83. The number of hydrogen-bond donors (Lipinski definition) is 1. The Kier molecular flexibility index (Phi) is 2.64. The van der Waals surface area contributed by atoms with Crippen LogP contribution >= 0.6 is 0 Å². The lowest BCUT2D eigenvalue weighted by Crippen LogP contribution is -2.12. The maximum atomic E-state index is 11.8. The minimum absolute atomic E-state index is 0.127. The quantitative estimate of drug-likeness (QED) is 0.781. The Morgan fingerprint density at radius 3 is 2.94 bits per heavy atom. The maximum absolute atomic E-state index is 11.8. The highest BCUT2D eigenvalue weighted by Crippen LogP contribution is 2.21. The summed E-state index contributed by atoms with van der Waals surface area (Å²) in [4.78, 5) is 11.8. The number of aryl methyl sites for hydroxylation is 1. The summed E-state index contributed by atoms with van der Waals surface area (Å²) in [5.41, 5.74) is 2.83. The van der Waals surface area contributed by atoms with E-state index >= 15 is 0 Å². The second kappa shape index (κ2) is 3.96.